The van der Waals surface area contributed by atoms with Crippen molar-refractivity contribution in [3.63, 3.8) is 0 Å². The number of unbranched alkanes of at least 4 members (excludes halogenated alkanes) is 33. The molecule has 0 aromatic rings. The number of esters is 2. The predicted octanol–water partition coefficient (Wildman–Crippen LogP) is 20.7. The van der Waals surface area contributed by atoms with Crippen molar-refractivity contribution in [2.45, 2.75) is 302 Å². The minimum atomic E-state index is -4.64. The van der Waals surface area contributed by atoms with Gasteiger partial charge in [-0.1, -0.05) is 279 Å². The molecule has 0 aliphatic rings. The van der Waals surface area contributed by atoms with Crippen molar-refractivity contribution in [2.24, 2.45) is 0 Å². The van der Waals surface area contributed by atoms with E-state index < -0.39 is 26.5 Å². The number of nitrogens with zero attached hydrogens (tertiary/aromatic N) is 1. The minimum absolute atomic E-state index is 0.0322. The summed E-state index contributed by atoms with van der Waals surface area (Å²) in [5, 5.41) is 0. The third-order valence-electron chi connectivity index (χ3n) is 14.4. The summed E-state index contributed by atoms with van der Waals surface area (Å²) in [4.78, 5) is 38.0. The highest BCUT2D eigenvalue weighted by Gasteiger charge is 2.22. The zero-order chi connectivity index (χ0) is 58.4. The van der Waals surface area contributed by atoms with Gasteiger partial charge in [-0.2, -0.15) is 0 Å². The molecule has 0 aliphatic heterocycles. The number of carbonyl (C=O) groups is 2. The van der Waals surface area contributed by atoms with Gasteiger partial charge in [0, 0.05) is 12.8 Å². The third kappa shape index (κ3) is 64.4. The van der Waals surface area contributed by atoms with Crippen molar-refractivity contribution in [1.82, 2.24) is 0 Å². The maximum Gasteiger partial charge on any atom is 0.306 e. The molecule has 0 spiro atoms. The average molecular weight is 1140 g/mol. The monoisotopic (exact) mass is 1140 g/mol. The molecule has 10 heteroatoms. The molecule has 0 bridgehead atoms. The van der Waals surface area contributed by atoms with Crippen molar-refractivity contribution in [2.75, 3.05) is 47.5 Å². The fourth-order valence-electron chi connectivity index (χ4n) is 9.30. The van der Waals surface area contributed by atoms with E-state index >= 15 is 0 Å². The van der Waals surface area contributed by atoms with E-state index in [-0.39, 0.29) is 32.0 Å². The van der Waals surface area contributed by atoms with Gasteiger partial charge < -0.3 is 27.9 Å². The van der Waals surface area contributed by atoms with E-state index in [4.69, 9.17) is 18.5 Å². The van der Waals surface area contributed by atoms with E-state index in [0.29, 0.717) is 17.4 Å². The van der Waals surface area contributed by atoms with Gasteiger partial charge in [-0.15, -0.1) is 0 Å². The highest BCUT2D eigenvalue weighted by Crippen LogP contribution is 2.38. The summed E-state index contributed by atoms with van der Waals surface area (Å²) in [5.74, 6) is -0.827. The van der Waals surface area contributed by atoms with E-state index in [2.05, 4.69) is 98.9 Å². The summed E-state index contributed by atoms with van der Waals surface area (Å²) in [7, 11) is 1.17. The van der Waals surface area contributed by atoms with Crippen LogP contribution in [0.5, 0.6) is 0 Å². The van der Waals surface area contributed by atoms with Crippen LogP contribution in [0.4, 0.5) is 0 Å². The molecular formula is C70H126NO8P. The largest absolute Gasteiger partial charge is 0.756 e. The Bertz CT molecular complexity index is 1630. The van der Waals surface area contributed by atoms with Crippen molar-refractivity contribution < 1.29 is 42.1 Å². The second-order valence-electron chi connectivity index (χ2n) is 23.5. The van der Waals surface area contributed by atoms with Gasteiger partial charge in [0.1, 0.15) is 19.8 Å². The number of quaternary nitrogens is 1. The van der Waals surface area contributed by atoms with Crippen molar-refractivity contribution >= 4 is 19.8 Å². The van der Waals surface area contributed by atoms with Crippen molar-refractivity contribution in [3.8, 4) is 0 Å². The number of hydrogen-bond acceptors (Lipinski definition) is 8. The highest BCUT2D eigenvalue weighted by molar-refractivity contribution is 7.45. The molecule has 9 nitrogen and oxygen atoms in total. The molecule has 0 aromatic carbocycles. The van der Waals surface area contributed by atoms with Gasteiger partial charge in [-0.25, -0.2) is 0 Å². The van der Waals surface area contributed by atoms with Crippen molar-refractivity contribution in [1.29, 1.82) is 0 Å². The first-order valence-electron chi connectivity index (χ1n) is 33.3. The third-order valence-corrected chi connectivity index (χ3v) is 15.4. The molecule has 0 aromatic heterocycles. The second-order valence-corrected chi connectivity index (χ2v) is 24.9. The fourth-order valence-corrected chi connectivity index (χ4v) is 10.0. The van der Waals surface area contributed by atoms with E-state index in [0.717, 1.165) is 77.0 Å². The first kappa shape index (κ1) is 77.2. The van der Waals surface area contributed by atoms with Crippen LogP contribution in [0, 0.1) is 0 Å². The lowest BCUT2D eigenvalue weighted by molar-refractivity contribution is -0.870. The Hall–Kier alpha value is -2.81. The number of phosphoric acid groups is 1. The van der Waals surface area contributed by atoms with Crippen LogP contribution in [0.25, 0.3) is 0 Å². The summed E-state index contributed by atoms with van der Waals surface area (Å²) in [6, 6.07) is 0. The Morgan fingerprint density at radius 3 is 1.07 bits per heavy atom. The quantitative estimate of drug-likeness (QED) is 0.0195. The molecular weight excluding hydrogens is 1010 g/mol. The number of likely N-dealkylation sites (N-methyl/N-ethyl adjacent to an activating group) is 1. The van der Waals surface area contributed by atoms with Crippen LogP contribution in [-0.4, -0.2) is 70.0 Å². The molecule has 80 heavy (non-hydrogen) atoms. The molecule has 464 valence electrons. The fraction of sp³-hybridized carbons (Fsp3) is 0.771. The van der Waals surface area contributed by atoms with Crippen LogP contribution in [0.2, 0.25) is 0 Å². The summed E-state index contributed by atoms with van der Waals surface area (Å²) in [6.45, 7) is 4.15. The maximum absolute atomic E-state index is 12.8. The van der Waals surface area contributed by atoms with Gasteiger partial charge >= 0.3 is 11.9 Å². The van der Waals surface area contributed by atoms with Crippen LogP contribution >= 0.6 is 7.82 Å². The normalized spacial score (nSPS) is 13.7. The Morgan fingerprint density at radius 2 is 0.713 bits per heavy atom. The number of ether oxygens (including phenoxy) is 2. The molecule has 0 heterocycles. The number of hydrogen-bond donors (Lipinski definition) is 0. The van der Waals surface area contributed by atoms with Crippen LogP contribution < -0.4 is 4.89 Å². The van der Waals surface area contributed by atoms with Crippen LogP contribution in [0.15, 0.2) is 85.1 Å². The number of phosphoric ester groups is 1. The van der Waals surface area contributed by atoms with E-state index in [1.165, 1.54) is 186 Å². The summed E-state index contributed by atoms with van der Waals surface area (Å²) >= 11 is 0. The van der Waals surface area contributed by atoms with Gasteiger partial charge in [0.05, 0.1) is 27.7 Å². The maximum atomic E-state index is 12.8. The first-order valence-corrected chi connectivity index (χ1v) is 34.8. The SMILES string of the molecule is CC/C=C\C/C=C\C/C=C\C/C=C\C/C=C\C/C=C\CCCCCCCCCCCCCCCCCCC(=O)OC(COC(=O)CCCCCCCCCCC/C=C\CCCCCCCCCC)COP(=O)([O-])OCC[N+](C)(C)C. The Morgan fingerprint density at radius 1 is 0.400 bits per heavy atom. The zero-order valence-electron chi connectivity index (χ0n) is 52.8. The van der Waals surface area contributed by atoms with Gasteiger partial charge in [-0.3, -0.25) is 14.2 Å². The molecule has 0 saturated carbocycles. The molecule has 0 radical (unpaired) electrons. The molecule has 2 unspecified atom stereocenters. The van der Waals surface area contributed by atoms with Crippen LogP contribution in [0.1, 0.15) is 296 Å². The molecule has 2 atom stereocenters. The lowest BCUT2D eigenvalue weighted by Crippen LogP contribution is -2.37. The summed E-state index contributed by atoms with van der Waals surface area (Å²) in [6.07, 6.45) is 82.2. The molecule has 0 fully saturated rings. The Kier molecular flexibility index (Phi) is 58.6. The van der Waals surface area contributed by atoms with Gasteiger partial charge in [0.25, 0.3) is 7.82 Å². The lowest BCUT2D eigenvalue weighted by atomic mass is 10.0. The molecule has 0 amide bonds. The molecule has 0 N–H and O–H groups in total. The zero-order valence-corrected chi connectivity index (χ0v) is 53.7. The summed E-state index contributed by atoms with van der Waals surface area (Å²) in [5.41, 5.74) is 0. The minimum Gasteiger partial charge on any atom is -0.756 e. The van der Waals surface area contributed by atoms with E-state index in [9.17, 15) is 19.0 Å². The number of rotatable bonds is 61. The lowest BCUT2D eigenvalue weighted by Gasteiger charge is -2.28. The first-order chi connectivity index (χ1) is 39.0. The standard InChI is InChI=1S/C70H126NO8P/c1-6-8-10-12-14-16-18-20-22-24-26-28-29-30-31-32-33-34-35-36-37-38-39-40-41-43-45-47-49-51-53-55-57-59-61-63-70(73)79-68(67-78-80(74,75)77-65-64-71(3,4)5)66-76-69(72)62-60-58-56-54-52-50-48-46-44-42-27-25-23-21-19-17-15-13-11-9-7-2/h8,10,14,16,20,22,25-28,30-31,33-34,68H,6-7,9,11-13,15,17-19,21,23-24,29,32,35-67H2,1-5H3/b10-8-,16-14-,22-20-,27-25-,28-26-,31-30-,34-33-. The Labute approximate surface area is 494 Å². The van der Waals surface area contributed by atoms with E-state index in [1.807, 2.05) is 21.1 Å². The number of allylic oxidation sites excluding steroid dienone is 14. The van der Waals surface area contributed by atoms with E-state index in [1.54, 1.807) is 0 Å². The molecule has 0 saturated heterocycles. The summed E-state index contributed by atoms with van der Waals surface area (Å²) < 4.78 is 34.3. The second kappa shape index (κ2) is 60.8. The van der Waals surface area contributed by atoms with Gasteiger partial charge in [-0.05, 0) is 89.9 Å². The molecule has 0 aliphatic carbocycles. The van der Waals surface area contributed by atoms with Crippen molar-refractivity contribution in [3.05, 3.63) is 85.1 Å². The van der Waals surface area contributed by atoms with Crippen LogP contribution in [0.3, 0.4) is 0 Å². The van der Waals surface area contributed by atoms with Gasteiger partial charge in [0.2, 0.25) is 0 Å². The Balaban J connectivity index is 4.04. The number of carbonyl (C=O) groups excluding carboxylic acids is 2. The predicted molar refractivity (Wildman–Crippen MR) is 342 cm³/mol. The van der Waals surface area contributed by atoms with Crippen LogP contribution in [-0.2, 0) is 32.7 Å². The molecule has 0 rings (SSSR count). The smallest absolute Gasteiger partial charge is 0.306 e. The average Bonchev–Trinajstić information content (AvgIpc) is 3.42. The van der Waals surface area contributed by atoms with Gasteiger partial charge in [0.15, 0.2) is 6.10 Å². The topological polar surface area (TPSA) is 111 Å². The highest BCUT2D eigenvalue weighted by atomic mass is 31.2.